The highest BCUT2D eigenvalue weighted by Crippen LogP contribution is 2.34. The van der Waals surface area contributed by atoms with Crippen LogP contribution in [0.2, 0.25) is 5.02 Å². The van der Waals surface area contributed by atoms with Gasteiger partial charge in [0, 0.05) is 18.6 Å². The zero-order chi connectivity index (χ0) is 27.9. The van der Waals surface area contributed by atoms with Gasteiger partial charge in [0.05, 0.1) is 17.7 Å². The molecule has 10 heteroatoms. The van der Waals surface area contributed by atoms with Crippen LogP contribution < -0.4 is 14.4 Å². The van der Waals surface area contributed by atoms with Crippen LogP contribution in [0.25, 0.3) is 0 Å². The molecule has 0 aromatic heterocycles. The van der Waals surface area contributed by atoms with E-state index in [4.69, 9.17) is 16.3 Å². The minimum Gasteiger partial charge on any atom is -0.495 e. The molecule has 1 N–H and O–H groups in total. The van der Waals surface area contributed by atoms with Crippen molar-refractivity contribution in [1.29, 1.82) is 0 Å². The number of anilines is 1. The van der Waals surface area contributed by atoms with E-state index in [9.17, 15) is 18.0 Å². The van der Waals surface area contributed by atoms with Crippen LogP contribution in [-0.4, -0.2) is 51.9 Å². The summed E-state index contributed by atoms with van der Waals surface area (Å²) in [5, 5.41) is 3.04. The minimum atomic E-state index is -4.19. The molecule has 0 radical (unpaired) electrons. The first-order chi connectivity index (χ1) is 18.1. The number of carbonyl (C=O) groups excluding carboxylic acids is 2. The van der Waals surface area contributed by atoms with Gasteiger partial charge in [-0.2, -0.15) is 0 Å². The van der Waals surface area contributed by atoms with E-state index in [1.165, 1.54) is 31.2 Å². The second-order valence-corrected chi connectivity index (χ2v) is 10.9. The molecule has 0 spiro atoms. The van der Waals surface area contributed by atoms with Gasteiger partial charge in [0.1, 0.15) is 18.3 Å². The monoisotopic (exact) mass is 557 g/mol. The molecular weight excluding hydrogens is 526 g/mol. The van der Waals surface area contributed by atoms with Gasteiger partial charge in [0.15, 0.2) is 0 Å². The number of carbonyl (C=O) groups is 2. The van der Waals surface area contributed by atoms with Crippen LogP contribution in [0.1, 0.15) is 24.5 Å². The lowest BCUT2D eigenvalue weighted by Crippen LogP contribution is -2.51. The number of hydrogen-bond acceptors (Lipinski definition) is 5. The maximum atomic E-state index is 14.0. The van der Waals surface area contributed by atoms with Gasteiger partial charge >= 0.3 is 0 Å². The van der Waals surface area contributed by atoms with Crippen LogP contribution in [0.5, 0.6) is 5.75 Å². The standard InChI is InChI=1S/C28H32ClN3O5S/c1-5-24(28(34)30-3)31(18-21-11-9-10-14-23(21)29)27(33)19-32(25-17-20(2)15-16-26(25)37-4)38(35,36)22-12-7-6-8-13-22/h6-17,24H,5,18-19H2,1-4H3,(H,30,34)/t24-/m1/s1. The number of nitrogens with zero attached hydrogens (tertiary/aromatic N) is 2. The Bertz CT molecular complexity index is 1380. The molecule has 0 aliphatic rings. The first-order valence-electron chi connectivity index (χ1n) is 12.1. The summed E-state index contributed by atoms with van der Waals surface area (Å²) in [6.45, 7) is 3.07. The number of likely N-dealkylation sites (N-methyl/N-ethyl adjacent to an activating group) is 1. The second-order valence-electron chi connectivity index (χ2n) is 8.65. The van der Waals surface area contributed by atoms with Crippen LogP contribution in [-0.2, 0) is 26.2 Å². The molecule has 38 heavy (non-hydrogen) atoms. The van der Waals surface area contributed by atoms with Gasteiger partial charge in [-0.1, -0.05) is 61.0 Å². The Morgan fingerprint density at radius 3 is 2.29 bits per heavy atom. The summed E-state index contributed by atoms with van der Waals surface area (Å²) in [5.41, 5.74) is 1.64. The molecule has 2 amide bonds. The van der Waals surface area contributed by atoms with Crippen molar-refractivity contribution in [3.63, 3.8) is 0 Å². The highest BCUT2D eigenvalue weighted by Gasteiger charge is 2.34. The predicted octanol–water partition coefficient (Wildman–Crippen LogP) is 4.41. The van der Waals surface area contributed by atoms with Gasteiger partial charge in [-0.05, 0) is 54.8 Å². The first kappa shape index (κ1) is 29.0. The van der Waals surface area contributed by atoms with Crippen LogP contribution in [0, 0.1) is 6.92 Å². The Morgan fingerprint density at radius 2 is 1.68 bits per heavy atom. The third-order valence-corrected chi connectivity index (χ3v) is 8.29. The third kappa shape index (κ3) is 6.46. The lowest BCUT2D eigenvalue weighted by molar-refractivity contribution is -0.140. The summed E-state index contributed by atoms with van der Waals surface area (Å²) in [6, 6.07) is 19.2. The number of halogens is 1. The average Bonchev–Trinajstić information content (AvgIpc) is 2.92. The molecule has 0 unspecified atom stereocenters. The van der Waals surface area contributed by atoms with E-state index < -0.39 is 28.5 Å². The van der Waals surface area contributed by atoms with Crippen molar-refractivity contribution in [3.8, 4) is 5.75 Å². The number of amides is 2. The predicted molar refractivity (Wildman–Crippen MR) is 149 cm³/mol. The van der Waals surface area contributed by atoms with E-state index in [0.717, 1.165) is 9.87 Å². The van der Waals surface area contributed by atoms with E-state index in [1.54, 1.807) is 67.6 Å². The van der Waals surface area contributed by atoms with E-state index in [0.29, 0.717) is 22.8 Å². The van der Waals surface area contributed by atoms with Crippen LogP contribution in [0.4, 0.5) is 5.69 Å². The Morgan fingerprint density at radius 1 is 1.03 bits per heavy atom. The molecule has 3 rings (SSSR count). The smallest absolute Gasteiger partial charge is 0.264 e. The lowest BCUT2D eigenvalue weighted by atomic mass is 10.1. The highest BCUT2D eigenvalue weighted by atomic mass is 35.5. The number of methoxy groups -OCH3 is 1. The largest absolute Gasteiger partial charge is 0.495 e. The van der Waals surface area contributed by atoms with E-state index in [2.05, 4.69) is 5.32 Å². The number of hydrogen-bond donors (Lipinski definition) is 1. The summed E-state index contributed by atoms with van der Waals surface area (Å²) in [6.07, 6.45) is 0.315. The Kier molecular flexibility index (Phi) is 9.77. The first-order valence-corrected chi connectivity index (χ1v) is 13.9. The summed E-state index contributed by atoms with van der Waals surface area (Å²) in [7, 11) is -1.26. The number of sulfonamides is 1. The topological polar surface area (TPSA) is 96.0 Å². The number of ether oxygens (including phenoxy) is 1. The maximum Gasteiger partial charge on any atom is 0.264 e. The van der Waals surface area contributed by atoms with Gasteiger partial charge in [-0.3, -0.25) is 13.9 Å². The normalized spacial score (nSPS) is 11.9. The van der Waals surface area contributed by atoms with Gasteiger partial charge in [0.2, 0.25) is 11.8 Å². The summed E-state index contributed by atoms with van der Waals surface area (Å²) >= 11 is 6.38. The Balaban J connectivity index is 2.13. The number of benzene rings is 3. The van der Waals surface area contributed by atoms with E-state index >= 15 is 0 Å². The van der Waals surface area contributed by atoms with Gasteiger partial charge in [-0.15, -0.1) is 0 Å². The number of nitrogens with one attached hydrogen (secondary N) is 1. The fourth-order valence-electron chi connectivity index (χ4n) is 4.12. The molecular formula is C28H32ClN3O5S. The van der Waals surface area contributed by atoms with E-state index in [1.807, 2.05) is 6.92 Å². The zero-order valence-electron chi connectivity index (χ0n) is 21.8. The van der Waals surface area contributed by atoms with Crippen molar-refractivity contribution in [2.24, 2.45) is 0 Å². The summed E-state index contributed by atoms with van der Waals surface area (Å²) in [5.74, 6) is -0.638. The summed E-state index contributed by atoms with van der Waals surface area (Å²) in [4.78, 5) is 28.2. The minimum absolute atomic E-state index is 0.0207. The van der Waals surface area contributed by atoms with Crippen molar-refractivity contribution in [2.75, 3.05) is 25.0 Å². The Labute approximate surface area is 229 Å². The molecule has 8 nitrogen and oxygen atoms in total. The molecule has 0 saturated carbocycles. The number of rotatable bonds is 11. The van der Waals surface area contributed by atoms with Gasteiger partial charge in [0.25, 0.3) is 10.0 Å². The number of aryl methyl sites for hydroxylation is 1. The van der Waals surface area contributed by atoms with Crippen LogP contribution in [0.15, 0.2) is 77.7 Å². The van der Waals surface area contributed by atoms with Crippen molar-refractivity contribution < 1.29 is 22.7 Å². The van der Waals surface area contributed by atoms with Crippen molar-refractivity contribution >= 4 is 39.1 Å². The van der Waals surface area contributed by atoms with Gasteiger partial charge < -0.3 is 15.0 Å². The fraction of sp³-hybridized carbons (Fsp3) is 0.286. The van der Waals surface area contributed by atoms with Crippen LogP contribution in [0.3, 0.4) is 0 Å². The quantitative estimate of drug-likeness (QED) is 0.377. The second kappa shape index (κ2) is 12.8. The van der Waals surface area contributed by atoms with Crippen molar-refractivity contribution in [3.05, 3.63) is 88.9 Å². The molecule has 0 aliphatic carbocycles. The molecule has 0 aliphatic heterocycles. The molecule has 3 aromatic carbocycles. The average molecular weight is 558 g/mol. The molecule has 0 fully saturated rings. The molecule has 3 aromatic rings. The molecule has 0 saturated heterocycles. The molecule has 0 heterocycles. The summed E-state index contributed by atoms with van der Waals surface area (Å²) < 4.78 is 34.3. The van der Waals surface area contributed by atoms with E-state index in [-0.39, 0.29) is 23.0 Å². The highest BCUT2D eigenvalue weighted by molar-refractivity contribution is 7.92. The molecule has 202 valence electrons. The molecule has 1 atom stereocenters. The van der Waals surface area contributed by atoms with Crippen LogP contribution >= 0.6 is 11.6 Å². The zero-order valence-corrected chi connectivity index (χ0v) is 23.4. The fourth-order valence-corrected chi connectivity index (χ4v) is 5.76. The third-order valence-electron chi connectivity index (χ3n) is 6.14. The SMILES string of the molecule is CC[C@H](C(=O)NC)N(Cc1ccccc1Cl)C(=O)CN(c1cc(C)ccc1OC)S(=O)(=O)c1ccccc1. The maximum absolute atomic E-state index is 14.0. The van der Waals surface area contributed by atoms with Crippen molar-refractivity contribution in [2.45, 2.75) is 37.8 Å². The lowest BCUT2D eigenvalue weighted by Gasteiger charge is -2.33. The Hall–Kier alpha value is -3.56. The van der Waals surface area contributed by atoms with Gasteiger partial charge in [-0.25, -0.2) is 8.42 Å². The molecule has 0 bridgehead atoms. The van der Waals surface area contributed by atoms with Crippen molar-refractivity contribution in [1.82, 2.24) is 10.2 Å².